The molecule has 0 N–H and O–H groups in total. The normalized spacial score (nSPS) is 11.5. The Morgan fingerprint density at radius 3 is 1.55 bits per heavy atom. The number of nitrogens with zero attached hydrogens (tertiary/aromatic N) is 2. The molecule has 0 aliphatic carbocycles. The summed E-state index contributed by atoms with van der Waals surface area (Å²) in [7, 11) is 0. The van der Waals surface area contributed by atoms with Crippen molar-refractivity contribution in [2.24, 2.45) is 0 Å². The first kappa shape index (κ1) is 28.2. The summed E-state index contributed by atoms with van der Waals surface area (Å²) in [4.78, 5) is 0. The Bertz CT molecular complexity index is 491. The van der Waals surface area contributed by atoms with Crippen LogP contribution < -0.4 is 4.57 Å². The molecular formula is C29H57N2+. The van der Waals surface area contributed by atoms with Crippen molar-refractivity contribution in [3.05, 3.63) is 18.2 Å². The van der Waals surface area contributed by atoms with Crippen LogP contribution in [0.15, 0.2) is 12.4 Å². The third-order valence-corrected chi connectivity index (χ3v) is 6.85. The SMILES string of the molecule is CCCCCCCCCCCCC[n+]1ccn(CCCCCCC)c1CCCCCC. The molecule has 1 aromatic heterocycles. The van der Waals surface area contributed by atoms with Crippen LogP contribution in [0.25, 0.3) is 0 Å². The van der Waals surface area contributed by atoms with E-state index >= 15 is 0 Å². The van der Waals surface area contributed by atoms with E-state index in [2.05, 4.69) is 42.3 Å². The average molecular weight is 434 g/mol. The lowest BCUT2D eigenvalue weighted by atomic mass is 10.1. The highest BCUT2D eigenvalue weighted by atomic mass is 15.1. The monoisotopic (exact) mass is 433 g/mol. The number of rotatable bonds is 23. The van der Waals surface area contributed by atoms with Gasteiger partial charge in [0.25, 0.3) is 5.82 Å². The molecule has 0 spiro atoms. The Labute approximate surface area is 196 Å². The maximum atomic E-state index is 2.59. The van der Waals surface area contributed by atoms with Crippen LogP contribution in [-0.4, -0.2) is 4.57 Å². The Kier molecular flexibility index (Phi) is 19.2. The van der Waals surface area contributed by atoms with Gasteiger partial charge in [-0.3, -0.25) is 0 Å². The minimum absolute atomic E-state index is 1.22. The summed E-state index contributed by atoms with van der Waals surface area (Å²) in [5, 5.41) is 0. The van der Waals surface area contributed by atoms with E-state index in [1.807, 2.05) is 0 Å². The lowest BCUT2D eigenvalue weighted by molar-refractivity contribution is -0.704. The highest BCUT2D eigenvalue weighted by molar-refractivity contribution is 4.84. The second-order valence-corrected chi connectivity index (χ2v) is 9.86. The molecule has 0 aliphatic heterocycles. The predicted octanol–water partition coefficient (Wildman–Crippen LogP) is 9.18. The summed E-state index contributed by atoms with van der Waals surface area (Å²) in [6, 6.07) is 0. The molecule has 0 aliphatic rings. The van der Waals surface area contributed by atoms with Gasteiger partial charge >= 0.3 is 0 Å². The zero-order valence-electron chi connectivity index (χ0n) is 21.8. The standard InChI is InChI=1S/C29H57N2/c1-4-7-10-13-14-15-16-17-18-20-23-26-31-28-27-30(25-22-19-11-8-5-2)29(31)24-21-12-9-6-3/h27-28H,4-26H2,1-3H3/q+1. The van der Waals surface area contributed by atoms with Crippen molar-refractivity contribution in [3.8, 4) is 0 Å². The summed E-state index contributed by atoms with van der Waals surface area (Å²) in [5.41, 5.74) is 0. The van der Waals surface area contributed by atoms with E-state index in [4.69, 9.17) is 0 Å². The molecule has 1 aromatic rings. The van der Waals surface area contributed by atoms with Crippen LogP contribution in [0.4, 0.5) is 0 Å². The molecule has 31 heavy (non-hydrogen) atoms. The van der Waals surface area contributed by atoms with Gasteiger partial charge < -0.3 is 0 Å². The topological polar surface area (TPSA) is 8.81 Å². The quantitative estimate of drug-likeness (QED) is 0.120. The summed E-state index contributed by atoms with van der Waals surface area (Å²) in [6.45, 7) is 9.36. The third kappa shape index (κ3) is 14.8. The summed E-state index contributed by atoms with van der Waals surface area (Å²) in [6.07, 6.45) is 34.0. The summed E-state index contributed by atoms with van der Waals surface area (Å²) < 4.78 is 5.17. The van der Waals surface area contributed by atoms with Gasteiger partial charge in [0, 0.05) is 6.42 Å². The van der Waals surface area contributed by atoms with Crippen LogP contribution in [0, 0.1) is 0 Å². The van der Waals surface area contributed by atoms with E-state index in [1.54, 1.807) is 5.82 Å². The highest BCUT2D eigenvalue weighted by Crippen LogP contribution is 2.12. The minimum Gasteiger partial charge on any atom is -0.234 e. The minimum atomic E-state index is 1.22. The van der Waals surface area contributed by atoms with Crippen molar-refractivity contribution in [1.82, 2.24) is 4.57 Å². The number of unbranched alkanes of at least 4 members (excludes halogenated alkanes) is 17. The van der Waals surface area contributed by atoms with Crippen LogP contribution in [0.1, 0.15) is 155 Å². The van der Waals surface area contributed by atoms with Gasteiger partial charge in [0.15, 0.2) is 0 Å². The number of hydrogen-bond donors (Lipinski definition) is 0. The predicted molar refractivity (Wildman–Crippen MR) is 138 cm³/mol. The smallest absolute Gasteiger partial charge is 0.234 e. The molecule has 0 radical (unpaired) electrons. The summed E-state index contributed by atoms with van der Waals surface area (Å²) >= 11 is 0. The number of aryl methyl sites for hydroxylation is 2. The lowest BCUT2D eigenvalue weighted by Gasteiger charge is -2.06. The lowest BCUT2D eigenvalue weighted by Crippen LogP contribution is -2.37. The van der Waals surface area contributed by atoms with Crippen molar-refractivity contribution < 1.29 is 4.57 Å². The van der Waals surface area contributed by atoms with E-state index in [0.717, 1.165) is 0 Å². The van der Waals surface area contributed by atoms with Crippen molar-refractivity contribution in [2.75, 3.05) is 0 Å². The van der Waals surface area contributed by atoms with Crippen molar-refractivity contribution >= 4 is 0 Å². The Morgan fingerprint density at radius 2 is 1.00 bits per heavy atom. The molecule has 0 saturated carbocycles. The second-order valence-electron chi connectivity index (χ2n) is 9.86. The van der Waals surface area contributed by atoms with Crippen LogP contribution in [0.5, 0.6) is 0 Å². The fourth-order valence-electron chi connectivity index (χ4n) is 4.73. The molecule has 0 saturated heterocycles. The van der Waals surface area contributed by atoms with Gasteiger partial charge in [-0.05, 0) is 32.1 Å². The second kappa shape index (κ2) is 21.1. The fraction of sp³-hybridized carbons (Fsp3) is 0.897. The van der Waals surface area contributed by atoms with E-state index in [-0.39, 0.29) is 0 Å². The zero-order valence-corrected chi connectivity index (χ0v) is 21.8. The first-order valence-electron chi connectivity index (χ1n) is 14.4. The first-order valence-corrected chi connectivity index (χ1v) is 14.4. The van der Waals surface area contributed by atoms with Gasteiger partial charge in [0.2, 0.25) is 0 Å². The maximum Gasteiger partial charge on any atom is 0.256 e. The molecule has 2 heteroatoms. The molecule has 0 aromatic carbocycles. The molecule has 0 atom stereocenters. The van der Waals surface area contributed by atoms with Crippen molar-refractivity contribution in [3.63, 3.8) is 0 Å². The number of imidazole rings is 1. The van der Waals surface area contributed by atoms with E-state index in [1.165, 1.54) is 148 Å². The third-order valence-electron chi connectivity index (χ3n) is 6.85. The molecule has 0 amide bonds. The van der Waals surface area contributed by atoms with Crippen LogP contribution in [0.3, 0.4) is 0 Å². The first-order chi connectivity index (χ1) is 15.3. The molecule has 182 valence electrons. The number of hydrogen-bond acceptors (Lipinski definition) is 0. The summed E-state index contributed by atoms with van der Waals surface area (Å²) in [5.74, 6) is 1.60. The molecule has 1 rings (SSSR count). The van der Waals surface area contributed by atoms with Gasteiger partial charge in [-0.15, -0.1) is 0 Å². The van der Waals surface area contributed by atoms with Crippen LogP contribution >= 0.6 is 0 Å². The number of aromatic nitrogens is 2. The van der Waals surface area contributed by atoms with Gasteiger partial charge in [-0.25, -0.2) is 9.13 Å². The highest BCUT2D eigenvalue weighted by Gasteiger charge is 2.16. The molecular weight excluding hydrogens is 376 g/mol. The average Bonchev–Trinajstić information content (AvgIpc) is 3.16. The van der Waals surface area contributed by atoms with Crippen molar-refractivity contribution in [1.29, 1.82) is 0 Å². The Balaban J connectivity index is 2.28. The van der Waals surface area contributed by atoms with Gasteiger partial charge in [0.05, 0.1) is 13.1 Å². The van der Waals surface area contributed by atoms with E-state index < -0.39 is 0 Å². The van der Waals surface area contributed by atoms with E-state index in [9.17, 15) is 0 Å². The molecule has 0 fully saturated rings. The largest absolute Gasteiger partial charge is 0.256 e. The molecule has 2 nitrogen and oxygen atoms in total. The van der Waals surface area contributed by atoms with Crippen molar-refractivity contribution in [2.45, 2.75) is 169 Å². The van der Waals surface area contributed by atoms with Crippen LogP contribution in [-0.2, 0) is 19.5 Å². The Hall–Kier alpha value is -0.790. The van der Waals surface area contributed by atoms with Gasteiger partial charge in [-0.2, -0.15) is 0 Å². The fourth-order valence-corrected chi connectivity index (χ4v) is 4.73. The molecule has 1 heterocycles. The molecule has 0 unspecified atom stereocenters. The maximum absolute atomic E-state index is 2.59. The zero-order chi connectivity index (χ0) is 22.4. The van der Waals surface area contributed by atoms with Gasteiger partial charge in [-0.1, -0.05) is 117 Å². The van der Waals surface area contributed by atoms with Gasteiger partial charge in [0.1, 0.15) is 12.4 Å². The van der Waals surface area contributed by atoms with E-state index in [0.29, 0.717) is 0 Å². The van der Waals surface area contributed by atoms with Crippen LogP contribution in [0.2, 0.25) is 0 Å². The Morgan fingerprint density at radius 1 is 0.548 bits per heavy atom. The molecule has 0 bridgehead atoms.